The van der Waals surface area contributed by atoms with Gasteiger partial charge in [-0.05, 0) is 13.0 Å². The van der Waals surface area contributed by atoms with Crippen LogP contribution in [0.15, 0.2) is 0 Å². The molecule has 0 aromatic carbocycles. The van der Waals surface area contributed by atoms with Gasteiger partial charge < -0.3 is 5.32 Å². The molecule has 1 radical (unpaired) electrons. The fraction of sp³-hybridized carbons (Fsp3) is 0.600. The maximum absolute atomic E-state index is 10.3. The zero-order valence-electron chi connectivity index (χ0n) is 4.11. The van der Waals surface area contributed by atoms with Crippen molar-refractivity contribution in [3.05, 3.63) is 6.54 Å². The molecule has 1 aliphatic heterocycles. The molecule has 1 saturated heterocycles. The summed E-state index contributed by atoms with van der Waals surface area (Å²) < 4.78 is 0. The van der Waals surface area contributed by atoms with Crippen molar-refractivity contribution in [3.63, 3.8) is 0 Å². The summed E-state index contributed by atoms with van der Waals surface area (Å²) in [5, 5.41) is 2.86. The molecule has 0 aromatic heterocycles. The lowest BCUT2D eigenvalue weighted by atomic mass is 10.1. The van der Waals surface area contributed by atoms with Crippen LogP contribution in [0.5, 0.6) is 0 Å². The van der Waals surface area contributed by atoms with Crippen LogP contribution in [0.1, 0.15) is 12.8 Å². The lowest BCUT2D eigenvalue weighted by Crippen LogP contribution is -2.24. The first-order valence-electron chi connectivity index (χ1n) is 2.49. The van der Waals surface area contributed by atoms with E-state index in [1.165, 1.54) is 0 Å². The van der Waals surface area contributed by atoms with Gasteiger partial charge in [-0.3, -0.25) is 4.79 Å². The SMILES string of the molecule is O=C1[CH]NCCC1. The molecule has 1 N–H and O–H groups in total. The van der Waals surface area contributed by atoms with E-state index in [1.54, 1.807) is 6.54 Å². The van der Waals surface area contributed by atoms with E-state index >= 15 is 0 Å². The monoisotopic (exact) mass is 98.1 g/mol. The predicted octanol–water partition coefficient (Wildman–Crippen LogP) is 0.101. The molecule has 0 spiro atoms. The minimum atomic E-state index is 0.228. The molecule has 0 amide bonds. The average molecular weight is 98.1 g/mol. The van der Waals surface area contributed by atoms with E-state index in [4.69, 9.17) is 0 Å². The molecule has 2 nitrogen and oxygen atoms in total. The highest BCUT2D eigenvalue weighted by atomic mass is 16.1. The molecule has 1 heterocycles. The van der Waals surface area contributed by atoms with Crippen molar-refractivity contribution >= 4 is 5.78 Å². The lowest BCUT2D eigenvalue weighted by molar-refractivity contribution is -0.117. The first-order valence-corrected chi connectivity index (χ1v) is 2.49. The van der Waals surface area contributed by atoms with Crippen LogP contribution < -0.4 is 5.32 Å². The number of rotatable bonds is 0. The average Bonchev–Trinajstić information content (AvgIpc) is 1.69. The fourth-order valence-corrected chi connectivity index (χ4v) is 0.623. The molecule has 0 aromatic rings. The van der Waals surface area contributed by atoms with Crippen molar-refractivity contribution in [1.29, 1.82) is 0 Å². The Morgan fingerprint density at radius 2 is 2.57 bits per heavy atom. The van der Waals surface area contributed by atoms with E-state index in [-0.39, 0.29) is 5.78 Å². The molecule has 1 rings (SSSR count). The molecule has 2 heteroatoms. The van der Waals surface area contributed by atoms with Crippen LogP contribution in [0.2, 0.25) is 0 Å². The lowest BCUT2D eigenvalue weighted by Gasteiger charge is -2.07. The summed E-state index contributed by atoms with van der Waals surface area (Å²) in [7, 11) is 0. The third kappa shape index (κ3) is 1.27. The van der Waals surface area contributed by atoms with E-state index in [2.05, 4.69) is 5.32 Å². The Bertz CT molecular complexity index is 72.1. The van der Waals surface area contributed by atoms with Gasteiger partial charge in [-0.15, -0.1) is 0 Å². The van der Waals surface area contributed by atoms with Gasteiger partial charge >= 0.3 is 0 Å². The highest BCUT2D eigenvalue weighted by Gasteiger charge is 2.05. The van der Waals surface area contributed by atoms with Gasteiger partial charge in [-0.25, -0.2) is 0 Å². The second-order valence-corrected chi connectivity index (χ2v) is 1.67. The minimum absolute atomic E-state index is 0.228. The normalized spacial score (nSPS) is 22.6. The summed E-state index contributed by atoms with van der Waals surface area (Å²) in [6.45, 7) is 2.51. The second kappa shape index (κ2) is 2.07. The van der Waals surface area contributed by atoms with E-state index in [1.807, 2.05) is 0 Å². The Balaban J connectivity index is 2.25. The molecule has 7 heavy (non-hydrogen) atoms. The Labute approximate surface area is 42.9 Å². The Kier molecular flexibility index (Phi) is 1.42. The summed E-state index contributed by atoms with van der Waals surface area (Å²) in [5.41, 5.74) is 0. The van der Waals surface area contributed by atoms with Crippen molar-refractivity contribution in [2.75, 3.05) is 6.54 Å². The first-order chi connectivity index (χ1) is 3.39. The molecule has 0 saturated carbocycles. The van der Waals surface area contributed by atoms with Gasteiger partial charge in [0, 0.05) is 6.42 Å². The number of hydrogen-bond donors (Lipinski definition) is 1. The number of piperidine rings is 1. The molecule has 1 aliphatic rings. The van der Waals surface area contributed by atoms with Crippen LogP contribution in [0, 0.1) is 6.54 Å². The summed E-state index contributed by atoms with van der Waals surface area (Å²) in [5.74, 6) is 0.228. The van der Waals surface area contributed by atoms with Gasteiger partial charge in [0.2, 0.25) is 0 Å². The maximum Gasteiger partial charge on any atom is 0.151 e. The number of Topliss-reactive ketones (excluding diaryl/α,β-unsaturated/α-hetero) is 1. The van der Waals surface area contributed by atoms with Crippen molar-refractivity contribution < 1.29 is 4.79 Å². The van der Waals surface area contributed by atoms with Crippen LogP contribution in [-0.4, -0.2) is 12.3 Å². The third-order valence-corrected chi connectivity index (χ3v) is 1.01. The number of carbonyl (C=O) groups excluding carboxylic acids is 1. The maximum atomic E-state index is 10.3. The van der Waals surface area contributed by atoms with Crippen molar-refractivity contribution in [2.45, 2.75) is 12.8 Å². The largest absolute Gasteiger partial charge is 0.306 e. The Morgan fingerprint density at radius 1 is 1.71 bits per heavy atom. The third-order valence-electron chi connectivity index (χ3n) is 1.01. The Hall–Kier alpha value is -0.370. The molecule has 0 unspecified atom stereocenters. The topological polar surface area (TPSA) is 29.1 Å². The van der Waals surface area contributed by atoms with Gasteiger partial charge in [0.1, 0.15) is 0 Å². The first kappa shape index (κ1) is 4.78. The van der Waals surface area contributed by atoms with Crippen LogP contribution in [0.25, 0.3) is 0 Å². The molecule has 0 bridgehead atoms. The molecule has 0 aliphatic carbocycles. The predicted molar refractivity (Wildman–Crippen MR) is 26.5 cm³/mol. The van der Waals surface area contributed by atoms with Crippen LogP contribution >= 0.6 is 0 Å². The van der Waals surface area contributed by atoms with Crippen molar-refractivity contribution in [3.8, 4) is 0 Å². The standard InChI is InChI=1S/C5H8NO/c7-5-2-1-3-6-4-5/h4,6H,1-3H2. The fourth-order valence-electron chi connectivity index (χ4n) is 0.623. The van der Waals surface area contributed by atoms with Gasteiger partial charge in [-0.1, -0.05) is 0 Å². The number of hydrogen-bond acceptors (Lipinski definition) is 2. The molecule has 1 fully saturated rings. The Morgan fingerprint density at radius 3 is 2.86 bits per heavy atom. The van der Waals surface area contributed by atoms with Crippen molar-refractivity contribution in [1.82, 2.24) is 5.32 Å². The highest BCUT2D eigenvalue weighted by Crippen LogP contribution is 1.96. The van der Waals surface area contributed by atoms with E-state index in [0.717, 1.165) is 19.4 Å². The van der Waals surface area contributed by atoms with Gasteiger partial charge in [0.25, 0.3) is 0 Å². The molecular formula is C5H8NO. The molecule has 0 atom stereocenters. The molecule has 39 valence electrons. The van der Waals surface area contributed by atoms with Gasteiger partial charge in [0.15, 0.2) is 5.78 Å². The van der Waals surface area contributed by atoms with Crippen LogP contribution in [-0.2, 0) is 4.79 Å². The number of nitrogens with one attached hydrogen (secondary N) is 1. The zero-order valence-corrected chi connectivity index (χ0v) is 4.11. The van der Waals surface area contributed by atoms with E-state index < -0.39 is 0 Å². The minimum Gasteiger partial charge on any atom is -0.306 e. The van der Waals surface area contributed by atoms with E-state index in [0.29, 0.717) is 0 Å². The van der Waals surface area contributed by atoms with Gasteiger partial charge in [0.05, 0.1) is 6.54 Å². The summed E-state index contributed by atoms with van der Waals surface area (Å²) in [4.78, 5) is 10.3. The highest BCUT2D eigenvalue weighted by molar-refractivity contribution is 5.86. The van der Waals surface area contributed by atoms with Crippen LogP contribution in [0.3, 0.4) is 0 Å². The number of carbonyl (C=O) groups is 1. The zero-order chi connectivity index (χ0) is 5.11. The quantitative estimate of drug-likeness (QED) is 0.465. The summed E-state index contributed by atoms with van der Waals surface area (Å²) >= 11 is 0. The molecular weight excluding hydrogens is 90.1 g/mol. The van der Waals surface area contributed by atoms with Gasteiger partial charge in [-0.2, -0.15) is 0 Å². The van der Waals surface area contributed by atoms with Crippen LogP contribution in [0.4, 0.5) is 0 Å². The smallest absolute Gasteiger partial charge is 0.151 e. The number of ketones is 1. The summed E-state index contributed by atoms with van der Waals surface area (Å²) in [6, 6.07) is 0. The summed E-state index contributed by atoms with van der Waals surface area (Å²) in [6.07, 6.45) is 1.72. The van der Waals surface area contributed by atoms with E-state index in [9.17, 15) is 4.79 Å². The second-order valence-electron chi connectivity index (χ2n) is 1.67. The van der Waals surface area contributed by atoms with Crippen molar-refractivity contribution in [2.24, 2.45) is 0 Å².